The molecule has 8 nitrogen and oxygen atoms in total. The van der Waals surface area contributed by atoms with Crippen LogP contribution in [0.25, 0.3) is 0 Å². The molecule has 0 saturated carbocycles. The lowest BCUT2D eigenvalue weighted by molar-refractivity contribution is -0.136. The fourth-order valence-electron chi connectivity index (χ4n) is 7.61. The Morgan fingerprint density at radius 3 is 0.895 bits per heavy atom. The van der Waals surface area contributed by atoms with Crippen LogP contribution in [0.5, 0.6) is 23.0 Å². The number of rotatable bonds is 18. The van der Waals surface area contributed by atoms with Crippen molar-refractivity contribution in [2.24, 2.45) is 5.41 Å². The van der Waals surface area contributed by atoms with Crippen LogP contribution in [0.4, 0.5) is 0 Å². The Labute approximate surface area is 335 Å². The van der Waals surface area contributed by atoms with Crippen molar-refractivity contribution >= 4 is 0 Å². The minimum absolute atomic E-state index is 0.416. The Bertz CT molecular complexity index is 2040. The number of aliphatic hydroxyl groups excluding tert-OH is 3. The lowest BCUT2D eigenvalue weighted by Crippen LogP contribution is -2.55. The largest absolute Gasteiger partial charge is 0.497 e. The van der Waals surface area contributed by atoms with Crippen LogP contribution in [0.15, 0.2) is 133 Å². The lowest BCUT2D eigenvalue weighted by atomic mass is 9.63. The predicted molar refractivity (Wildman–Crippen MR) is 223 cm³/mol. The van der Waals surface area contributed by atoms with Gasteiger partial charge in [-0.05, 0) is 130 Å². The van der Waals surface area contributed by atoms with Crippen molar-refractivity contribution in [1.29, 1.82) is 0 Å². The van der Waals surface area contributed by atoms with E-state index < -0.39 is 30.8 Å². The van der Waals surface area contributed by atoms with Crippen molar-refractivity contribution in [3.8, 4) is 23.0 Å². The first-order valence-corrected chi connectivity index (χ1v) is 19.0. The molecule has 0 unspecified atom stereocenters. The van der Waals surface area contributed by atoms with E-state index in [1.54, 1.807) is 28.4 Å². The van der Waals surface area contributed by atoms with E-state index in [0.717, 1.165) is 67.5 Å². The zero-order valence-corrected chi connectivity index (χ0v) is 33.1. The van der Waals surface area contributed by atoms with E-state index in [1.807, 2.05) is 121 Å². The van der Waals surface area contributed by atoms with Crippen molar-refractivity contribution in [3.63, 3.8) is 0 Å². The van der Waals surface area contributed by atoms with Crippen molar-refractivity contribution in [2.75, 3.05) is 48.3 Å². The average molecular weight is 769 g/mol. The van der Waals surface area contributed by atoms with Crippen LogP contribution in [-0.2, 0) is 31.3 Å². The van der Waals surface area contributed by atoms with E-state index in [2.05, 4.69) is 12.1 Å². The van der Waals surface area contributed by atoms with Gasteiger partial charge in [-0.2, -0.15) is 0 Å². The third-order valence-electron chi connectivity index (χ3n) is 11.0. The maximum absolute atomic E-state index is 13.7. The topological polar surface area (TPSA) is 118 Å². The predicted octanol–water partition coefficient (Wildman–Crippen LogP) is 7.28. The molecule has 0 atom stereocenters. The highest BCUT2D eigenvalue weighted by Gasteiger charge is 2.54. The van der Waals surface area contributed by atoms with Gasteiger partial charge in [-0.25, -0.2) is 0 Å². The molecule has 0 heterocycles. The van der Waals surface area contributed by atoms with Gasteiger partial charge < -0.3 is 39.4 Å². The molecular weight excluding hydrogens is 717 g/mol. The van der Waals surface area contributed by atoms with Gasteiger partial charge in [0.15, 0.2) is 0 Å². The molecule has 0 fully saturated rings. The SMILES string of the molecule is COc1ccc(Cc2ccc(C(O)(c3ccc(Cc4ccc(OC)cc4)cc3Cc3ccc(OC)cc3)C(CO)(CO)CO)c(Cc3ccc(OC)cc3)c2)cc1. The number of aliphatic hydroxyl groups is 4. The number of methoxy groups -OCH3 is 4. The van der Waals surface area contributed by atoms with Gasteiger partial charge in [0.2, 0.25) is 0 Å². The third kappa shape index (κ3) is 9.01. The minimum atomic E-state index is -2.06. The highest BCUT2D eigenvalue weighted by Crippen LogP contribution is 2.48. The summed E-state index contributed by atoms with van der Waals surface area (Å²) in [6.07, 6.45) is 2.07. The molecule has 0 amide bonds. The molecule has 0 saturated heterocycles. The third-order valence-corrected chi connectivity index (χ3v) is 11.0. The molecule has 0 aliphatic rings. The van der Waals surface area contributed by atoms with E-state index in [-0.39, 0.29) is 0 Å². The fraction of sp³-hybridized carbons (Fsp3) is 0.265. The number of ether oxygens (including phenoxy) is 4. The Morgan fingerprint density at radius 1 is 0.368 bits per heavy atom. The van der Waals surface area contributed by atoms with Gasteiger partial charge in [-0.1, -0.05) is 84.9 Å². The van der Waals surface area contributed by atoms with Crippen LogP contribution in [0.2, 0.25) is 0 Å². The summed E-state index contributed by atoms with van der Waals surface area (Å²) in [6, 6.07) is 43.2. The van der Waals surface area contributed by atoms with E-state index in [9.17, 15) is 20.4 Å². The Balaban J connectivity index is 1.55. The van der Waals surface area contributed by atoms with E-state index in [4.69, 9.17) is 18.9 Å². The van der Waals surface area contributed by atoms with Crippen molar-refractivity contribution in [2.45, 2.75) is 31.3 Å². The Morgan fingerprint density at radius 2 is 0.632 bits per heavy atom. The summed E-state index contributed by atoms with van der Waals surface area (Å²) in [4.78, 5) is 0. The summed E-state index contributed by atoms with van der Waals surface area (Å²) >= 11 is 0. The molecule has 0 spiro atoms. The number of benzene rings is 6. The minimum Gasteiger partial charge on any atom is -0.497 e. The number of hydrogen-bond donors (Lipinski definition) is 4. The van der Waals surface area contributed by atoms with Gasteiger partial charge in [0.05, 0.1) is 53.7 Å². The van der Waals surface area contributed by atoms with Gasteiger partial charge in [0.1, 0.15) is 28.6 Å². The van der Waals surface area contributed by atoms with Gasteiger partial charge in [-0.3, -0.25) is 0 Å². The van der Waals surface area contributed by atoms with Crippen LogP contribution >= 0.6 is 0 Å². The van der Waals surface area contributed by atoms with Gasteiger partial charge in [-0.15, -0.1) is 0 Å². The molecule has 0 aromatic heterocycles. The van der Waals surface area contributed by atoms with Crippen molar-refractivity contribution < 1.29 is 39.4 Å². The smallest absolute Gasteiger partial charge is 0.127 e. The van der Waals surface area contributed by atoms with Crippen molar-refractivity contribution in [3.05, 3.63) is 189 Å². The molecule has 4 N–H and O–H groups in total. The summed E-state index contributed by atoms with van der Waals surface area (Å²) in [5, 5.41) is 47.2. The van der Waals surface area contributed by atoms with E-state index >= 15 is 0 Å². The second-order valence-electron chi connectivity index (χ2n) is 14.5. The monoisotopic (exact) mass is 768 g/mol. The maximum atomic E-state index is 13.7. The van der Waals surface area contributed by atoms with Crippen LogP contribution < -0.4 is 18.9 Å². The summed E-state index contributed by atoms with van der Waals surface area (Å²) in [7, 11) is 6.53. The van der Waals surface area contributed by atoms with Crippen LogP contribution in [0, 0.1) is 5.41 Å². The average Bonchev–Trinajstić information content (AvgIpc) is 3.25. The van der Waals surface area contributed by atoms with Gasteiger partial charge in [0, 0.05) is 0 Å². The standard InChI is InChI=1S/C49H52O8/c1-54-42-15-5-34(6-16-42)25-38-13-23-46(40(29-38)27-36-9-19-44(56-3)20-10-36)49(53,48(31-50,32-51)33-52)47-24-14-39(26-35-7-17-43(55-2)18-8-35)30-41(47)28-37-11-21-45(57-4)22-12-37/h5-24,29-30,50-53H,25-28,31-33H2,1-4H3. The second kappa shape index (κ2) is 18.5. The van der Waals surface area contributed by atoms with Crippen LogP contribution in [-0.4, -0.2) is 68.7 Å². The molecule has 0 bridgehead atoms. The lowest BCUT2D eigenvalue weighted by Gasteiger charge is -2.47. The zero-order valence-electron chi connectivity index (χ0n) is 33.1. The molecule has 0 aliphatic carbocycles. The molecule has 6 rings (SSSR count). The highest BCUT2D eigenvalue weighted by molar-refractivity contribution is 5.52. The highest BCUT2D eigenvalue weighted by atomic mass is 16.5. The van der Waals surface area contributed by atoms with E-state index in [0.29, 0.717) is 36.8 Å². The molecule has 6 aromatic carbocycles. The second-order valence-corrected chi connectivity index (χ2v) is 14.5. The van der Waals surface area contributed by atoms with Crippen molar-refractivity contribution in [1.82, 2.24) is 0 Å². The Hall–Kier alpha value is -5.64. The first-order valence-electron chi connectivity index (χ1n) is 19.0. The first-order chi connectivity index (χ1) is 27.7. The summed E-state index contributed by atoms with van der Waals surface area (Å²) in [6.45, 7) is -2.08. The zero-order chi connectivity index (χ0) is 40.4. The van der Waals surface area contributed by atoms with Gasteiger partial charge in [0.25, 0.3) is 0 Å². The number of hydrogen-bond acceptors (Lipinski definition) is 8. The summed E-state index contributed by atoms with van der Waals surface area (Å²) in [5.41, 5.74) is 4.79. The van der Waals surface area contributed by atoms with Gasteiger partial charge >= 0.3 is 0 Å². The molecular formula is C49H52O8. The fourth-order valence-corrected chi connectivity index (χ4v) is 7.61. The molecule has 57 heavy (non-hydrogen) atoms. The van der Waals surface area contributed by atoms with E-state index in [1.165, 1.54) is 0 Å². The van der Waals surface area contributed by atoms with Crippen LogP contribution in [0.3, 0.4) is 0 Å². The normalized spacial score (nSPS) is 11.6. The molecule has 296 valence electrons. The molecule has 6 aromatic rings. The first kappa shape index (κ1) is 41.0. The molecule has 0 radical (unpaired) electrons. The maximum Gasteiger partial charge on any atom is 0.127 e. The summed E-state index contributed by atoms with van der Waals surface area (Å²) < 4.78 is 21.6. The molecule has 0 aliphatic heterocycles. The summed E-state index contributed by atoms with van der Waals surface area (Å²) in [5.74, 6) is 2.99. The quantitative estimate of drug-likeness (QED) is 0.0721. The Kier molecular flexibility index (Phi) is 13.3. The van der Waals surface area contributed by atoms with Crippen LogP contribution in [0.1, 0.15) is 55.6 Å². The molecule has 8 heteroatoms.